The van der Waals surface area contributed by atoms with Gasteiger partial charge in [-0.2, -0.15) is 0 Å². The van der Waals surface area contributed by atoms with Gasteiger partial charge in [-0.25, -0.2) is 8.78 Å². The Labute approximate surface area is 152 Å². The maximum absolute atomic E-state index is 13.7. The molecule has 0 spiro atoms. The van der Waals surface area contributed by atoms with Crippen LogP contribution in [0, 0.1) is 11.6 Å². The third-order valence-electron chi connectivity index (χ3n) is 5.15. The largest absolute Gasteiger partial charge is 0.342 e. The minimum absolute atomic E-state index is 0.0706. The molecule has 0 aromatic heterocycles. The first-order valence-corrected chi connectivity index (χ1v) is 9.25. The molecule has 5 nitrogen and oxygen atoms in total. The van der Waals surface area contributed by atoms with E-state index in [1.807, 2.05) is 4.90 Å². The lowest BCUT2D eigenvalue weighted by molar-refractivity contribution is -0.135. The number of rotatable bonds is 4. The van der Waals surface area contributed by atoms with Crippen LogP contribution in [-0.2, 0) is 16.0 Å². The highest BCUT2D eigenvalue weighted by molar-refractivity contribution is 5.79. The molecule has 0 N–H and O–H groups in total. The third kappa shape index (κ3) is 4.78. The summed E-state index contributed by atoms with van der Waals surface area (Å²) in [5.74, 6) is -1.34. The van der Waals surface area contributed by atoms with Crippen molar-refractivity contribution in [3.05, 3.63) is 35.4 Å². The lowest BCUT2D eigenvalue weighted by atomic mass is 10.1. The Morgan fingerprint density at radius 3 is 2.15 bits per heavy atom. The van der Waals surface area contributed by atoms with Gasteiger partial charge < -0.3 is 9.80 Å². The Hall–Kier alpha value is -2.02. The highest BCUT2D eigenvalue weighted by atomic mass is 19.1. The summed E-state index contributed by atoms with van der Waals surface area (Å²) < 4.78 is 26.6. The summed E-state index contributed by atoms with van der Waals surface area (Å²) in [4.78, 5) is 30.4. The molecule has 26 heavy (non-hydrogen) atoms. The molecule has 2 amide bonds. The fourth-order valence-corrected chi connectivity index (χ4v) is 3.53. The van der Waals surface area contributed by atoms with Crippen LogP contribution >= 0.6 is 0 Å². The van der Waals surface area contributed by atoms with Crippen molar-refractivity contribution in [3.63, 3.8) is 0 Å². The van der Waals surface area contributed by atoms with Gasteiger partial charge in [-0.3, -0.25) is 14.5 Å². The normalized spacial score (nSPS) is 18.8. The number of halogens is 2. The molecule has 3 rings (SSSR count). The van der Waals surface area contributed by atoms with E-state index in [1.54, 1.807) is 4.90 Å². The first kappa shape index (κ1) is 18.8. The van der Waals surface area contributed by atoms with Crippen LogP contribution in [-0.4, -0.2) is 72.3 Å². The van der Waals surface area contributed by atoms with Gasteiger partial charge in [0.15, 0.2) is 0 Å². The van der Waals surface area contributed by atoms with Gasteiger partial charge in [-0.15, -0.1) is 0 Å². The molecule has 0 unspecified atom stereocenters. The molecular formula is C19H25F2N3O2. The fourth-order valence-electron chi connectivity index (χ4n) is 3.53. The highest BCUT2D eigenvalue weighted by Crippen LogP contribution is 2.13. The molecule has 2 aliphatic heterocycles. The Morgan fingerprint density at radius 2 is 1.50 bits per heavy atom. The van der Waals surface area contributed by atoms with Crippen LogP contribution in [0.15, 0.2) is 18.2 Å². The van der Waals surface area contributed by atoms with Crippen LogP contribution in [0.3, 0.4) is 0 Å². The zero-order chi connectivity index (χ0) is 18.5. The van der Waals surface area contributed by atoms with E-state index < -0.39 is 11.6 Å². The molecular weight excluding hydrogens is 340 g/mol. The summed E-state index contributed by atoms with van der Waals surface area (Å²) in [5, 5.41) is 0. The van der Waals surface area contributed by atoms with Crippen molar-refractivity contribution >= 4 is 11.8 Å². The maximum atomic E-state index is 13.7. The second-order valence-corrected chi connectivity index (χ2v) is 7.01. The maximum Gasteiger partial charge on any atom is 0.236 e. The van der Waals surface area contributed by atoms with Gasteiger partial charge in [0.1, 0.15) is 11.6 Å². The predicted molar refractivity (Wildman–Crippen MR) is 93.5 cm³/mol. The zero-order valence-corrected chi connectivity index (χ0v) is 14.9. The van der Waals surface area contributed by atoms with Gasteiger partial charge >= 0.3 is 0 Å². The van der Waals surface area contributed by atoms with Gasteiger partial charge in [0.25, 0.3) is 0 Å². The number of nitrogens with zero attached hydrogens (tertiary/aromatic N) is 3. The van der Waals surface area contributed by atoms with E-state index >= 15 is 0 Å². The molecule has 142 valence electrons. The molecule has 2 heterocycles. The minimum atomic E-state index is -0.691. The minimum Gasteiger partial charge on any atom is -0.342 e. The molecule has 7 heteroatoms. The van der Waals surface area contributed by atoms with Crippen molar-refractivity contribution in [2.24, 2.45) is 0 Å². The van der Waals surface area contributed by atoms with Crippen LogP contribution in [0.2, 0.25) is 0 Å². The Morgan fingerprint density at radius 1 is 0.846 bits per heavy atom. The summed E-state index contributed by atoms with van der Waals surface area (Å²) in [5.41, 5.74) is 0.208. The Kier molecular flexibility index (Phi) is 6.19. The lowest BCUT2D eigenvalue weighted by Crippen LogP contribution is -2.52. The molecule has 0 bridgehead atoms. The molecule has 2 fully saturated rings. The summed E-state index contributed by atoms with van der Waals surface area (Å²) >= 11 is 0. The van der Waals surface area contributed by atoms with Crippen LogP contribution in [0.5, 0.6) is 0 Å². The number of piperidine rings is 1. The number of carbonyl (C=O) groups is 2. The fraction of sp³-hybridized carbons (Fsp3) is 0.579. The first-order valence-electron chi connectivity index (χ1n) is 9.25. The van der Waals surface area contributed by atoms with Crippen molar-refractivity contribution in [3.8, 4) is 0 Å². The molecule has 1 aromatic carbocycles. The van der Waals surface area contributed by atoms with E-state index in [9.17, 15) is 18.4 Å². The SMILES string of the molecule is O=C(Cc1ccc(F)cc1F)N1CCN(CC(=O)N2CCCCC2)CC1. The van der Waals surface area contributed by atoms with E-state index in [2.05, 4.69) is 4.90 Å². The predicted octanol–water partition coefficient (Wildman–Crippen LogP) is 1.66. The first-order chi connectivity index (χ1) is 12.5. The third-order valence-corrected chi connectivity index (χ3v) is 5.15. The summed E-state index contributed by atoms with van der Waals surface area (Å²) in [6.45, 7) is 4.41. The molecule has 1 aromatic rings. The molecule has 2 aliphatic rings. The van der Waals surface area contributed by atoms with Crippen molar-refractivity contribution in [1.82, 2.24) is 14.7 Å². The summed E-state index contributed by atoms with van der Waals surface area (Å²) in [7, 11) is 0. The average Bonchev–Trinajstić information content (AvgIpc) is 2.65. The number of amides is 2. The second kappa shape index (κ2) is 8.58. The van der Waals surface area contributed by atoms with E-state index in [1.165, 1.54) is 12.5 Å². The number of carbonyl (C=O) groups excluding carboxylic acids is 2. The van der Waals surface area contributed by atoms with Gasteiger partial charge in [0.05, 0.1) is 13.0 Å². The number of piperazine rings is 1. The van der Waals surface area contributed by atoms with Gasteiger partial charge in [-0.1, -0.05) is 6.07 Å². The number of hydrogen-bond acceptors (Lipinski definition) is 3. The molecule has 0 radical (unpaired) electrons. The van der Waals surface area contributed by atoms with E-state index in [-0.39, 0.29) is 23.8 Å². The van der Waals surface area contributed by atoms with Crippen LogP contribution in [0.1, 0.15) is 24.8 Å². The van der Waals surface area contributed by atoms with Crippen molar-refractivity contribution < 1.29 is 18.4 Å². The molecule has 0 aliphatic carbocycles. The summed E-state index contributed by atoms with van der Waals surface area (Å²) in [6, 6.07) is 3.28. The van der Waals surface area contributed by atoms with E-state index in [4.69, 9.17) is 0 Å². The van der Waals surface area contributed by atoms with Gasteiger partial charge in [0.2, 0.25) is 11.8 Å². The molecule has 0 saturated carbocycles. The second-order valence-electron chi connectivity index (χ2n) is 7.01. The molecule has 0 atom stereocenters. The average molecular weight is 365 g/mol. The quantitative estimate of drug-likeness (QED) is 0.815. The zero-order valence-electron chi connectivity index (χ0n) is 14.9. The summed E-state index contributed by atoms with van der Waals surface area (Å²) in [6.07, 6.45) is 3.28. The van der Waals surface area contributed by atoms with Crippen molar-refractivity contribution in [2.75, 3.05) is 45.8 Å². The smallest absolute Gasteiger partial charge is 0.236 e. The van der Waals surface area contributed by atoms with E-state index in [0.717, 1.165) is 38.1 Å². The van der Waals surface area contributed by atoms with Crippen molar-refractivity contribution in [2.45, 2.75) is 25.7 Å². The lowest BCUT2D eigenvalue weighted by Gasteiger charge is -2.36. The molecule has 2 saturated heterocycles. The van der Waals surface area contributed by atoms with E-state index in [0.29, 0.717) is 32.7 Å². The highest BCUT2D eigenvalue weighted by Gasteiger charge is 2.25. The van der Waals surface area contributed by atoms with Crippen LogP contribution in [0.25, 0.3) is 0 Å². The number of likely N-dealkylation sites (tertiary alicyclic amines) is 1. The number of hydrogen-bond donors (Lipinski definition) is 0. The monoisotopic (exact) mass is 365 g/mol. The van der Waals surface area contributed by atoms with Gasteiger partial charge in [0, 0.05) is 45.3 Å². The van der Waals surface area contributed by atoms with Crippen LogP contribution in [0.4, 0.5) is 8.78 Å². The van der Waals surface area contributed by atoms with Crippen LogP contribution < -0.4 is 0 Å². The Balaban J connectivity index is 1.45. The van der Waals surface area contributed by atoms with Gasteiger partial charge in [-0.05, 0) is 30.9 Å². The topological polar surface area (TPSA) is 43.9 Å². The van der Waals surface area contributed by atoms with Crippen molar-refractivity contribution in [1.29, 1.82) is 0 Å². The number of benzene rings is 1. The Bertz CT molecular complexity index is 654. The standard InChI is InChI=1S/C19H25F2N3O2/c20-16-5-4-15(17(21)13-16)12-18(25)24-10-8-22(9-11-24)14-19(26)23-6-2-1-3-7-23/h4-5,13H,1-3,6-12,14H2.